The Bertz CT molecular complexity index is 553. The van der Waals surface area contributed by atoms with Crippen molar-refractivity contribution in [3.05, 3.63) is 23.8 Å². The smallest absolute Gasteiger partial charge is 0.303 e. The van der Waals surface area contributed by atoms with Crippen LogP contribution in [-0.2, 0) is 14.6 Å². The summed E-state index contributed by atoms with van der Waals surface area (Å²) in [6.45, 7) is 0. The van der Waals surface area contributed by atoms with Gasteiger partial charge in [-0.1, -0.05) is 6.07 Å². The van der Waals surface area contributed by atoms with Crippen LogP contribution in [0.1, 0.15) is 24.4 Å². The van der Waals surface area contributed by atoms with Crippen LogP contribution in [0.25, 0.3) is 0 Å². The highest BCUT2D eigenvalue weighted by atomic mass is 32.2. The fourth-order valence-corrected chi connectivity index (χ4v) is 2.14. The fraction of sp³-hybridized carbons (Fsp3) is 0.364. The Morgan fingerprint density at radius 1 is 1.44 bits per heavy atom. The van der Waals surface area contributed by atoms with E-state index in [4.69, 9.17) is 10.8 Å². The second kappa shape index (κ2) is 5.36. The first-order chi connectivity index (χ1) is 8.21. The lowest BCUT2D eigenvalue weighted by Gasteiger charge is -2.13. The highest BCUT2D eigenvalue weighted by molar-refractivity contribution is 7.90. The van der Waals surface area contributed by atoms with Gasteiger partial charge in [0.05, 0.1) is 4.90 Å². The number of phenols is 1. The molecule has 0 fully saturated rings. The highest BCUT2D eigenvalue weighted by Crippen LogP contribution is 2.28. The van der Waals surface area contributed by atoms with Crippen molar-refractivity contribution in [2.24, 2.45) is 5.73 Å². The van der Waals surface area contributed by atoms with Crippen LogP contribution in [0.2, 0.25) is 0 Å². The number of carboxylic acids is 1. The Morgan fingerprint density at radius 3 is 2.50 bits per heavy atom. The zero-order chi connectivity index (χ0) is 13.9. The molecule has 0 bridgehead atoms. The van der Waals surface area contributed by atoms with Crippen LogP contribution >= 0.6 is 0 Å². The molecule has 0 radical (unpaired) electrons. The van der Waals surface area contributed by atoms with Crippen LogP contribution < -0.4 is 5.73 Å². The lowest BCUT2D eigenvalue weighted by atomic mass is 10.0. The average Bonchev–Trinajstić information content (AvgIpc) is 2.24. The molecule has 0 aliphatic heterocycles. The van der Waals surface area contributed by atoms with Crippen molar-refractivity contribution in [1.29, 1.82) is 0 Å². The van der Waals surface area contributed by atoms with Crippen molar-refractivity contribution in [2.75, 3.05) is 6.26 Å². The van der Waals surface area contributed by atoms with Crippen LogP contribution in [0.5, 0.6) is 5.75 Å². The average molecular weight is 273 g/mol. The monoisotopic (exact) mass is 273 g/mol. The SMILES string of the molecule is CS(=O)(=O)c1ccc(C(N)CCC(=O)O)c(O)c1. The Morgan fingerprint density at radius 2 is 2.06 bits per heavy atom. The Hall–Kier alpha value is -1.60. The lowest BCUT2D eigenvalue weighted by molar-refractivity contribution is -0.137. The quantitative estimate of drug-likeness (QED) is 0.725. The first-order valence-corrected chi connectivity index (χ1v) is 7.11. The zero-order valence-electron chi connectivity index (χ0n) is 9.83. The molecule has 0 saturated heterocycles. The number of aliphatic carboxylic acids is 1. The predicted molar refractivity (Wildman–Crippen MR) is 65.0 cm³/mol. The van der Waals surface area contributed by atoms with Gasteiger partial charge < -0.3 is 15.9 Å². The van der Waals surface area contributed by atoms with E-state index in [2.05, 4.69) is 0 Å². The molecule has 0 heterocycles. The van der Waals surface area contributed by atoms with E-state index in [1.165, 1.54) is 12.1 Å². The highest BCUT2D eigenvalue weighted by Gasteiger charge is 2.15. The third kappa shape index (κ3) is 3.71. The summed E-state index contributed by atoms with van der Waals surface area (Å²) in [5.74, 6) is -1.21. The molecule has 0 saturated carbocycles. The van der Waals surface area contributed by atoms with Gasteiger partial charge >= 0.3 is 5.97 Å². The normalized spacial score (nSPS) is 13.2. The second-order valence-corrected chi connectivity index (χ2v) is 6.05. The third-order valence-electron chi connectivity index (χ3n) is 2.50. The number of rotatable bonds is 5. The number of phenolic OH excluding ortho intramolecular Hbond substituents is 1. The fourth-order valence-electron chi connectivity index (χ4n) is 1.50. The maximum atomic E-state index is 11.3. The summed E-state index contributed by atoms with van der Waals surface area (Å²) in [6, 6.07) is 3.21. The van der Waals surface area contributed by atoms with Crippen molar-refractivity contribution in [2.45, 2.75) is 23.8 Å². The number of hydrogen-bond donors (Lipinski definition) is 3. The van der Waals surface area contributed by atoms with Gasteiger partial charge in [0, 0.05) is 24.3 Å². The maximum absolute atomic E-state index is 11.3. The summed E-state index contributed by atoms with van der Waals surface area (Å²) in [5, 5.41) is 18.2. The summed E-state index contributed by atoms with van der Waals surface area (Å²) in [7, 11) is -3.39. The molecule has 1 unspecified atom stereocenters. The van der Waals surface area contributed by atoms with Crippen molar-refractivity contribution in [1.82, 2.24) is 0 Å². The molecule has 1 atom stereocenters. The van der Waals surface area contributed by atoms with Gasteiger partial charge in [0.15, 0.2) is 9.84 Å². The molecular weight excluding hydrogens is 258 g/mol. The maximum Gasteiger partial charge on any atom is 0.303 e. The van der Waals surface area contributed by atoms with Crippen molar-refractivity contribution >= 4 is 15.8 Å². The molecule has 7 heteroatoms. The number of nitrogens with two attached hydrogens (primary N) is 1. The van der Waals surface area contributed by atoms with Crippen LogP contribution in [0.15, 0.2) is 23.1 Å². The number of carbonyl (C=O) groups is 1. The number of benzene rings is 1. The second-order valence-electron chi connectivity index (χ2n) is 4.03. The number of carboxylic acid groups (broad SMARTS) is 1. The summed E-state index contributed by atoms with van der Waals surface area (Å²) in [5.41, 5.74) is 6.07. The first-order valence-electron chi connectivity index (χ1n) is 5.22. The minimum Gasteiger partial charge on any atom is -0.508 e. The first kappa shape index (κ1) is 14.5. The molecule has 1 aromatic rings. The third-order valence-corrected chi connectivity index (χ3v) is 3.61. The van der Waals surface area contributed by atoms with E-state index >= 15 is 0 Å². The molecule has 100 valence electrons. The van der Waals surface area contributed by atoms with Crippen LogP contribution in [0.3, 0.4) is 0 Å². The van der Waals surface area contributed by atoms with E-state index < -0.39 is 21.8 Å². The van der Waals surface area contributed by atoms with Crippen LogP contribution in [0.4, 0.5) is 0 Å². The van der Waals surface area contributed by atoms with Gasteiger partial charge in [0.2, 0.25) is 0 Å². The number of aromatic hydroxyl groups is 1. The number of hydrogen-bond acceptors (Lipinski definition) is 5. The number of sulfone groups is 1. The summed E-state index contributed by atoms with van der Waals surface area (Å²) in [6.07, 6.45) is 1.08. The van der Waals surface area contributed by atoms with Crippen molar-refractivity contribution in [3.8, 4) is 5.75 Å². The van der Waals surface area contributed by atoms with Gasteiger partial charge in [-0.2, -0.15) is 0 Å². The standard InChI is InChI=1S/C11H15NO5S/c1-18(16,17)7-2-3-8(10(13)6-7)9(12)4-5-11(14)15/h2-3,6,9,13H,4-5,12H2,1H3,(H,14,15). The van der Waals surface area contributed by atoms with E-state index in [1.54, 1.807) is 0 Å². The van der Waals surface area contributed by atoms with E-state index in [9.17, 15) is 18.3 Å². The van der Waals surface area contributed by atoms with E-state index in [-0.39, 0.29) is 23.5 Å². The molecule has 1 rings (SSSR count). The summed E-state index contributed by atoms with van der Waals surface area (Å²) < 4.78 is 22.5. The Labute approximate surface area is 105 Å². The minimum absolute atomic E-state index is 0.00538. The molecule has 1 aromatic carbocycles. The van der Waals surface area contributed by atoms with E-state index in [0.29, 0.717) is 5.56 Å². The van der Waals surface area contributed by atoms with Gasteiger partial charge in [-0.25, -0.2) is 8.42 Å². The largest absolute Gasteiger partial charge is 0.508 e. The molecule has 0 aliphatic rings. The zero-order valence-corrected chi connectivity index (χ0v) is 10.6. The molecule has 0 aliphatic carbocycles. The molecule has 0 amide bonds. The van der Waals surface area contributed by atoms with Gasteiger partial charge in [-0.3, -0.25) is 4.79 Å². The lowest BCUT2D eigenvalue weighted by Crippen LogP contribution is -2.12. The van der Waals surface area contributed by atoms with Gasteiger partial charge in [0.25, 0.3) is 0 Å². The minimum atomic E-state index is -3.39. The molecule has 4 N–H and O–H groups in total. The van der Waals surface area contributed by atoms with Crippen molar-refractivity contribution in [3.63, 3.8) is 0 Å². The molecule has 6 nitrogen and oxygen atoms in total. The van der Waals surface area contributed by atoms with Gasteiger partial charge in [-0.15, -0.1) is 0 Å². The van der Waals surface area contributed by atoms with Gasteiger partial charge in [-0.05, 0) is 18.6 Å². The summed E-state index contributed by atoms with van der Waals surface area (Å²) >= 11 is 0. The molecular formula is C11H15NO5S. The Balaban J connectivity index is 2.95. The van der Waals surface area contributed by atoms with Gasteiger partial charge in [0.1, 0.15) is 5.75 Å². The molecule has 18 heavy (non-hydrogen) atoms. The topological polar surface area (TPSA) is 118 Å². The molecule has 0 spiro atoms. The summed E-state index contributed by atoms with van der Waals surface area (Å²) in [4.78, 5) is 10.4. The van der Waals surface area contributed by atoms with E-state index in [1.807, 2.05) is 0 Å². The van der Waals surface area contributed by atoms with Crippen molar-refractivity contribution < 1.29 is 23.4 Å². The molecule has 0 aromatic heterocycles. The van der Waals surface area contributed by atoms with E-state index in [0.717, 1.165) is 12.3 Å². The Kier molecular flexibility index (Phi) is 4.31. The van der Waals surface area contributed by atoms with Crippen LogP contribution in [-0.4, -0.2) is 30.9 Å². The van der Waals surface area contributed by atoms with Crippen LogP contribution in [0, 0.1) is 0 Å². The predicted octanol–water partition coefficient (Wildman–Crippen LogP) is 0.660.